The number of aromatic amines is 1. The smallest absolute Gasteiger partial charge is 0.337 e. The Balaban J connectivity index is 0.000000294. The number of aromatic nitrogens is 3. The van der Waals surface area contributed by atoms with Gasteiger partial charge in [0.15, 0.2) is 0 Å². The fourth-order valence-corrected chi connectivity index (χ4v) is 5.39. The molecule has 1 fully saturated rings. The van der Waals surface area contributed by atoms with E-state index in [4.69, 9.17) is 16.7 Å². The molecule has 3 heterocycles. The number of nitrogens with one attached hydrogen (secondary N) is 2. The molecule has 0 spiro atoms. The minimum Gasteiger partial charge on any atom is -0.478 e. The van der Waals surface area contributed by atoms with E-state index in [0.717, 1.165) is 35.4 Å². The number of aromatic carboxylic acids is 1. The van der Waals surface area contributed by atoms with Crippen LogP contribution in [0.3, 0.4) is 0 Å². The van der Waals surface area contributed by atoms with E-state index >= 15 is 0 Å². The van der Waals surface area contributed by atoms with Gasteiger partial charge in [-0.1, -0.05) is 63.5 Å². The molecule has 41 heavy (non-hydrogen) atoms. The van der Waals surface area contributed by atoms with Crippen molar-refractivity contribution in [2.75, 3.05) is 26.2 Å². The van der Waals surface area contributed by atoms with Crippen LogP contribution in [0.4, 0.5) is 8.78 Å². The van der Waals surface area contributed by atoms with Crippen LogP contribution in [0, 0.1) is 6.92 Å². The Hall–Kier alpha value is -2.62. The molecule has 1 aliphatic heterocycles. The summed E-state index contributed by atoms with van der Waals surface area (Å²) in [5.74, 6) is -2.79. The number of fused-ring (bicyclic) bond motifs is 1. The van der Waals surface area contributed by atoms with Crippen molar-refractivity contribution < 1.29 is 18.7 Å². The molecule has 0 radical (unpaired) electrons. The van der Waals surface area contributed by atoms with Gasteiger partial charge in [0.25, 0.3) is 5.92 Å². The summed E-state index contributed by atoms with van der Waals surface area (Å²) in [7, 11) is 0. The number of rotatable bonds is 14. The number of likely N-dealkylation sites (tertiary alicyclic amines) is 1. The van der Waals surface area contributed by atoms with Crippen molar-refractivity contribution in [2.24, 2.45) is 0 Å². The molecule has 1 aromatic carbocycles. The number of H-pyrrole nitrogens is 1. The standard InChI is InChI=1S/C22H38F2N4.C9H6ClNO2/c1-3-4-5-6-7-8-9-10-13-25-18-21(20-16-26-19(2)27-17-20)28-14-11-22(23,24)12-15-28;10-8-5-3-4-11-7(5)2-1-6(8)9(12)13/h16-17,21,25H,3-15,18H2,1-2H3;1-4,11H,(H,12,13)/t21-;/m0./s1. The van der Waals surface area contributed by atoms with E-state index in [1.54, 1.807) is 18.3 Å². The number of hydrogen-bond acceptors (Lipinski definition) is 5. The molecule has 0 bridgehead atoms. The van der Waals surface area contributed by atoms with Gasteiger partial charge in [-0.2, -0.15) is 0 Å². The molecule has 3 aromatic rings. The summed E-state index contributed by atoms with van der Waals surface area (Å²) in [5, 5.41) is 13.3. The minimum atomic E-state index is -2.52. The second kappa shape index (κ2) is 16.7. The summed E-state index contributed by atoms with van der Waals surface area (Å²) in [6.07, 6.45) is 15.7. The molecule has 10 heteroatoms. The van der Waals surface area contributed by atoms with Crippen LogP contribution in [-0.2, 0) is 0 Å². The lowest BCUT2D eigenvalue weighted by Gasteiger charge is -2.37. The summed E-state index contributed by atoms with van der Waals surface area (Å²) in [6, 6.07) is 5.00. The first kappa shape index (κ1) is 32.9. The van der Waals surface area contributed by atoms with E-state index in [1.165, 1.54) is 57.4 Å². The summed E-state index contributed by atoms with van der Waals surface area (Å²) in [5.41, 5.74) is 1.99. The fraction of sp³-hybridized carbons (Fsp3) is 0.581. The summed E-state index contributed by atoms with van der Waals surface area (Å²) in [4.78, 5) is 24.4. The Morgan fingerprint density at radius 1 is 1.07 bits per heavy atom. The average Bonchev–Trinajstić information content (AvgIpc) is 3.43. The van der Waals surface area contributed by atoms with Crippen LogP contribution in [0.2, 0.25) is 5.02 Å². The van der Waals surface area contributed by atoms with E-state index < -0.39 is 11.9 Å². The third-order valence-electron chi connectivity index (χ3n) is 7.60. The van der Waals surface area contributed by atoms with Gasteiger partial charge in [-0.15, -0.1) is 0 Å². The molecular formula is C31H44ClF2N5O2. The highest BCUT2D eigenvalue weighted by Gasteiger charge is 2.36. The van der Waals surface area contributed by atoms with Crippen molar-refractivity contribution >= 4 is 28.5 Å². The second-order valence-corrected chi connectivity index (χ2v) is 11.2. The molecule has 3 N–H and O–H groups in total. The Bertz CT molecular complexity index is 1190. The maximum atomic E-state index is 13.6. The molecule has 0 amide bonds. The van der Waals surface area contributed by atoms with Crippen LogP contribution in [0.1, 0.15) is 98.9 Å². The van der Waals surface area contributed by atoms with Gasteiger partial charge in [0.05, 0.1) is 16.6 Å². The number of hydrogen-bond donors (Lipinski definition) is 3. The number of carboxylic acids is 1. The number of nitrogens with zero attached hydrogens (tertiary/aromatic N) is 3. The van der Waals surface area contributed by atoms with Gasteiger partial charge in [-0.25, -0.2) is 23.5 Å². The zero-order valence-corrected chi connectivity index (χ0v) is 25.0. The Kier molecular flexibility index (Phi) is 13.4. The van der Waals surface area contributed by atoms with Gasteiger partial charge < -0.3 is 15.4 Å². The lowest BCUT2D eigenvalue weighted by molar-refractivity contribution is -0.0633. The highest BCUT2D eigenvalue weighted by Crippen LogP contribution is 2.32. The second-order valence-electron chi connectivity index (χ2n) is 10.8. The lowest BCUT2D eigenvalue weighted by Crippen LogP contribution is -2.44. The molecule has 1 atom stereocenters. The Morgan fingerprint density at radius 2 is 1.71 bits per heavy atom. The SMILES string of the molecule is CCCCCCCCCCNC[C@@H](c1cnc(C)nc1)N1CCC(F)(F)CC1.O=C(O)c1ccc2[nH]ccc2c1Cl. The van der Waals surface area contributed by atoms with Crippen LogP contribution in [0.15, 0.2) is 36.8 Å². The molecule has 7 nitrogen and oxygen atoms in total. The largest absolute Gasteiger partial charge is 0.478 e. The highest BCUT2D eigenvalue weighted by molar-refractivity contribution is 6.38. The summed E-state index contributed by atoms with van der Waals surface area (Å²) < 4.78 is 27.1. The number of benzene rings is 1. The van der Waals surface area contributed by atoms with Gasteiger partial charge in [-0.3, -0.25) is 4.90 Å². The first-order valence-corrected chi connectivity index (χ1v) is 15.2. The summed E-state index contributed by atoms with van der Waals surface area (Å²) in [6.45, 7) is 6.68. The number of carboxylic acid groups (broad SMARTS) is 1. The van der Waals surface area contributed by atoms with E-state index in [2.05, 4.69) is 32.1 Å². The van der Waals surface area contributed by atoms with Crippen LogP contribution < -0.4 is 5.32 Å². The van der Waals surface area contributed by atoms with Gasteiger partial charge in [-0.05, 0) is 38.1 Å². The van der Waals surface area contributed by atoms with Crippen molar-refractivity contribution in [1.82, 2.24) is 25.2 Å². The van der Waals surface area contributed by atoms with Crippen molar-refractivity contribution in [1.29, 1.82) is 0 Å². The monoisotopic (exact) mass is 591 g/mol. The molecular weight excluding hydrogens is 548 g/mol. The van der Waals surface area contributed by atoms with Crippen LogP contribution >= 0.6 is 11.6 Å². The number of piperidine rings is 1. The van der Waals surface area contributed by atoms with Crippen molar-refractivity contribution in [2.45, 2.75) is 90.0 Å². The Labute approximate surface area is 247 Å². The fourth-order valence-electron chi connectivity index (χ4n) is 5.08. The predicted molar refractivity (Wildman–Crippen MR) is 161 cm³/mol. The topological polar surface area (TPSA) is 94.1 Å². The normalized spacial score (nSPS) is 15.8. The summed E-state index contributed by atoms with van der Waals surface area (Å²) >= 11 is 5.88. The number of unbranched alkanes of at least 4 members (excludes halogenated alkanes) is 7. The van der Waals surface area contributed by atoms with E-state index in [9.17, 15) is 13.6 Å². The van der Waals surface area contributed by atoms with Gasteiger partial charge in [0.1, 0.15) is 5.82 Å². The molecule has 1 saturated heterocycles. The third kappa shape index (κ3) is 10.6. The van der Waals surface area contributed by atoms with E-state index in [-0.39, 0.29) is 29.5 Å². The van der Waals surface area contributed by atoms with Crippen LogP contribution in [0.25, 0.3) is 10.9 Å². The predicted octanol–water partition coefficient (Wildman–Crippen LogP) is 7.81. The van der Waals surface area contributed by atoms with Crippen LogP contribution in [0.5, 0.6) is 0 Å². The van der Waals surface area contributed by atoms with Crippen LogP contribution in [-0.4, -0.2) is 63.0 Å². The molecule has 226 valence electrons. The van der Waals surface area contributed by atoms with Gasteiger partial charge >= 0.3 is 5.97 Å². The van der Waals surface area contributed by atoms with E-state index in [1.807, 2.05) is 19.3 Å². The van der Waals surface area contributed by atoms with Gasteiger partial charge in [0, 0.05) is 67.5 Å². The lowest BCUT2D eigenvalue weighted by atomic mass is 10.0. The number of alkyl halides is 2. The zero-order chi connectivity index (χ0) is 29.7. The number of carbonyl (C=O) groups is 1. The molecule has 2 aromatic heterocycles. The number of halogens is 3. The van der Waals surface area contributed by atoms with Gasteiger partial charge in [0.2, 0.25) is 0 Å². The maximum Gasteiger partial charge on any atom is 0.337 e. The third-order valence-corrected chi connectivity index (χ3v) is 8.01. The maximum absolute atomic E-state index is 13.6. The van der Waals surface area contributed by atoms with Crippen molar-refractivity contribution in [3.05, 3.63) is 58.8 Å². The molecule has 0 aliphatic carbocycles. The minimum absolute atomic E-state index is 0.0609. The Morgan fingerprint density at radius 3 is 2.34 bits per heavy atom. The van der Waals surface area contributed by atoms with Crippen molar-refractivity contribution in [3.63, 3.8) is 0 Å². The quantitative estimate of drug-likeness (QED) is 0.166. The highest BCUT2D eigenvalue weighted by atomic mass is 35.5. The van der Waals surface area contributed by atoms with Crippen molar-refractivity contribution in [3.8, 4) is 0 Å². The molecule has 1 aliphatic rings. The average molecular weight is 592 g/mol. The molecule has 0 saturated carbocycles. The first-order chi connectivity index (χ1) is 19.7. The molecule has 4 rings (SSSR count). The zero-order valence-electron chi connectivity index (χ0n) is 24.3. The number of aryl methyl sites for hydroxylation is 1. The molecule has 0 unspecified atom stereocenters. The van der Waals surface area contributed by atoms with E-state index in [0.29, 0.717) is 13.1 Å². The first-order valence-electron chi connectivity index (χ1n) is 14.8.